The number of nitrogens with zero attached hydrogens (tertiary/aromatic N) is 3. The highest BCUT2D eigenvalue weighted by molar-refractivity contribution is 7.99. The molecule has 1 heterocycles. The first-order chi connectivity index (χ1) is 16.6. The van der Waals surface area contributed by atoms with Crippen LogP contribution < -0.4 is 14.8 Å². The van der Waals surface area contributed by atoms with Crippen molar-refractivity contribution < 1.29 is 18.7 Å². The van der Waals surface area contributed by atoms with E-state index >= 15 is 0 Å². The Morgan fingerprint density at radius 3 is 2.41 bits per heavy atom. The number of hydrogen-bond donors (Lipinski definition) is 1. The Kier molecular flexibility index (Phi) is 7.44. The van der Waals surface area contributed by atoms with Crippen LogP contribution in [0, 0.1) is 5.82 Å². The molecule has 34 heavy (non-hydrogen) atoms. The van der Waals surface area contributed by atoms with E-state index in [0.717, 1.165) is 5.69 Å². The predicted molar refractivity (Wildman–Crippen MR) is 129 cm³/mol. The van der Waals surface area contributed by atoms with Crippen molar-refractivity contribution in [1.29, 1.82) is 0 Å². The lowest BCUT2D eigenvalue weighted by atomic mass is 10.3. The van der Waals surface area contributed by atoms with Crippen LogP contribution >= 0.6 is 11.8 Å². The number of rotatable bonds is 9. The van der Waals surface area contributed by atoms with Gasteiger partial charge in [0.05, 0.1) is 18.6 Å². The molecule has 0 spiro atoms. The number of amides is 1. The van der Waals surface area contributed by atoms with Gasteiger partial charge in [0.2, 0.25) is 5.91 Å². The first-order valence-electron chi connectivity index (χ1n) is 10.5. The first-order valence-corrected chi connectivity index (χ1v) is 11.5. The van der Waals surface area contributed by atoms with E-state index in [1.54, 1.807) is 19.2 Å². The number of ether oxygens (including phenoxy) is 2. The minimum Gasteiger partial charge on any atom is -0.493 e. The third-order valence-electron chi connectivity index (χ3n) is 4.89. The molecule has 4 rings (SSSR count). The average Bonchev–Trinajstić information content (AvgIpc) is 3.29. The summed E-state index contributed by atoms with van der Waals surface area (Å²) in [5, 5.41) is 11.8. The van der Waals surface area contributed by atoms with Crippen LogP contribution in [-0.4, -0.2) is 33.5 Å². The summed E-state index contributed by atoms with van der Waals surface area (Å²) in [6.07, 6.45) is -0.467. The van der Waals surface area contributed by atoms with Crippen molar-refractivity contribution in [3.63, 3.8) is 0 Å². The van der Waals surface area contributed by atoms with Crippen LogP contribution in [0.4, 0.5) is 10.1 Å². The second-order valence-electron chi connectivity index (χ2n) is 7.24. The fraction of sp³-hybridized carbons (Fsp3) is 0.160. The van der Waals surface area contributed by atoms with Gasteiger partial charge in [-0.2, -0.15) is 0 Å². The Bertz CT molecular complexity index is 1270. The van der Waals surface area contributed by atoms with E-state index in [4.69, 9.17) is 9.47 Å². The maximum atomic E-state index is 13.9. The lowest BCUT2D eigenvalue weighted by Gasteiger charge is -2.18. The fourth-order valence-corrected chi connectivity index (χ4v) is 4.05. The first kappa shape index (κ1) is 23.3. The van der Waals surface area contributed by atoms with Crippen molar-refractivity contribution in [2.45, 2.75) is 18.2 Å². The number of benzene rings is 3. The van der Waals surface area contributed by atoms with Gasteiger partial charge in [-0.05, 0) is 43.3 Å². The van der Waals surface area contributed by atoms with Crippen LogP contribution in [-0.2, 0) is 4.79 Å². The molecule has 9 heteroatoms. The number of carbonyl (C=O) groups excluding carboxylic acids is 1. The van der Waals surface area contributed by atoms with Gasteiger partial charge in [0.25, 0.3) is 0 Å². The maximum absolute atomic E-state index is 13.9. The lowest BCUT2D eigenvalue weighted by Crippen LogP contribution is -2.16. The minimum atomic E-state index is -0.488. The lowest BCUT2D eigenvalue weighted by molar-refractivity contribution is -0.113. The van der Waals surface area contributed by atoms with Crippen molar-refractivity contribution >= 4 is 23.4 Å². The highest BCUT2D eigenvalue weighted by Gasteiger charge is 2.22. The molecule has 7 nitrogen and oxygen atoms in total. The van der Waals surface area contributed by atoms with Crippen LogP contribution in [0.5, 0.6) is 11.5 Å². The van der Waals surface area contributed by atoms with Crippen molar-refractivity contribution in [3.8, 4) is 17.2 Å². The van der Waals surface area contributed by atoms with Gasteiger partial charge in [0.15, 0.2) is 28.6 Å². The standard InChI is InChI=1S/C25H23FN4O3S/c1-17(33-22-15-9-8-14-21(22)32-2)24-28-29-25(30(24)18-10-4-3-5-11-18)34-16-23(31)27-20-13-7-6-12-19(20)26/h3-15,17H,16H2,1-2H3,(H,27,31). The van der Waals surface area contributed by atoms with Crippen molar-refractivity contribution in [2.24, 2.45) is 0 Å². The Hall–Kier alpha value is -3.85. The second-order valence-corrected chi connectivity index (χ2v) is 8.18. The molecule has 0 saturated heterocycles. The summed E-state index contributed by atoms with van der Waals surface area (Å²) in [6, 6.07) is 23.0. The largest absolute Gasteiger partial charge is 0.493 e. The molecule has 0 saturated carbocycles. The van der Waals surface area contributed by atoms with E-state index in [-0.39, 0.29) is 17.3 Å². The summed E-state index contributed by atoms with van der Waals surface area (Å²) in [4.78, 5) is 12.4. The van der Waals surface area contributed by atoms with Crippen LogP contribution in [0.2, 0.25) is 0 Å². The van der Waals surface area contributed by atoms with Gasteiger partial charge in [-0.1, -0.05) is 54.2 Å². The number of halogens is 1. The Balaban J connectivity index is 1.56. The Morgan fingerprint density at radius 1 is 1.00 bits per heavy atom. The van der Waals surface area contributed by atoms with Gasteiger partial charge in [-0.15, -0.1) is 10.2 Å². The van der Waals surface area contributed by atoms with Crippen LogP contribution in [0.3, 0.4) is 0 Å². The van der Waals surface area contributed by atoms with Gasteiger partial charge in [-0.25, -0.2) is 4.39 Å². The normalized spacial score (nSPS) is 11.6. The molecule has 1 aromatic heterocycles. The van der Waals surface area contributed by atoms with Crippen molar-refractivity contribution in [1.82, 2.24) is 14.8 Å². The van der Waals surface area contributed by atoms with Gasteiger partial charge in [0.1, 0.15) is 5.82 Å². The average molecular weight is 479 g/mol. The van der Waals surface area contributed by atoms with E-state index in [9.17, 15) is 9.18 Å². The predicted octanol–water partition coefficient (Wildman–Crippen LogP) is 5.29. The summed E-state index contributed by atoms with van der Waals surface area (Å²) in [5.74, 6) is 0.948. The quantitative estimate of drug-likeness (QED) is 0.330. The highest BCUT2D eigenvalue weighted by atomic mass is 32.2. The zero-order valence-corrected chi connectivity index (χ0v) is 19.5. The number of aromatic nitrogens is 3. The van der Waals surface area contributed by atoms with E-state index in [2.05, 4.69) is 15.5 Å². The van der Waals surface area contributed by atoms with Crippen molar-refractivity contribution in [2.75, 3.05) is 18.2 Å². The molecule has 0 bridgehead atoms. The van der Waals surface area contributed by atoms with E-state index in [1.807, 2.05) is 66.1 Å². The number of carbonyl (C=O) groups is 1. The molecule has 0 aliphatic rings. The van der Waals surface area contributed by atoms with E-state index in [1.165, 1.54) is 23.9 Å². The SMILES string of the molecule is COc1ccccc1OC(C)c1nnc(SCC(=O)Nc2ccccc2F)n1-c1ccccc1. The summed E-state index contributed by atoms with van der Waals surface area (Å²) in [7, 11) is 1.58. The number of thioether (sulfide) groups is 1. The summed E-state index contributed by atoms with van der Waals surface area (Å²) in [6.45, 7) is 1.87. The van der Waals surface area contributed by atoms with Crippen molar-refractivity contribution in [3.05, 3.63) is 90.5 Å². The molecule has 0 aliphatic carbocycles. The monoisotopic (exact) mass is 478 g/mol. The molecule has 1 atom stereocenters. The molecule has 1 amide bonds. The Morgan fingerprint density at radius 2 is 1.68 bits per heavy atom. The Labute approximate surface area is 200 Å². The van der Waals surface area contributed by atoms with Gasteiger partial charge in [-0.3, -0.25) is 9.36 Å². The second kappa shape index (κ2) is 10.8. The van der Waals surface area contributed by atoms with Gasteiger partial charge >= 0.3 is 0 Å². The van der Waals surface area contributed by atoms with Crippen LogP contribution in [0.25, 0.3) is 5.69 Å². The molecule has 0 fully saturated rings. The molecular weight excluding hydrogens is 455 g/mol. The summed E-state index contributed by atoms with van der Waals surface area (Å²) in [5.41, 5.74) is 0.965. The molecular formula is C25H23FN4O3S. The summed E-state index contributed by atoms with van der Waals surface area (Å²) < 4.78 is 27.2. The molecule has 0 aliphatic heterocycles. The number of anilines is 1. The molecule has 174 valence electrons. The zero-order valence-electron chi connectivity index (χ0n) is 18.6. The summed E-state index contributed by atoms with van der Waals surface area (Å²) >= 11 is 1.20. The number of methoxy groups -OCH3 is 1. The molecule has 1 unspecified atom stereocenters. The minimum absolute atomic E-state index is 0.0288. The zero-order chi connectivity index (χ0) is 23.9. The number of nitrogens with one attached hydrogen (secondary N) is 1. The third-order valence-corrected chi connectivity index (χ3v) is 5.82. The molecule has 3 aromatic carbocycles. The highest BCUT2D eigenvalue weighted by Crippen LogP contribution is 2.32. The van der Waals surface area contributed by atoms with Gasteiger partial charge < -0.3 is 14.8 Å². The molecule has 0 radical (unpaired) electrons. The van der Waals surface area contributed by atoms with Crippen LogP contribution in [0.15, 0.2) is 84.0 Å². The molecule has 1 N–H and O–H groups in total. The van der Waals surface area contributed by atoms with E-state index < -0.39 is 11.9 Å². The third kappa shape index (κ3) is 5.37. The fourth-order valence-electron chi connectivity index (χ4n) is 3.30. The van der Waals surface area contributed by atoms with E-state index in [0.29, 0.717) is 22.5 Å². The smallest absolute Gasteiger partial charge is 0.234 e. The van der Waals surface area contributed by atoms with Crippen LogP contribution in [0.1, 0.15) is 18.9 Å². The number of para-hydroxylation sites is 4. The maximum Gasteiger partial charge on any atom is 0.234 e. The topological polar surface area (TPSA) is 78.3 Å². The molecule has 4 aromatic rings. The van der Waals surface area contributed by atoms with Gasteiger partial charge in [0, 0.05) is 5.69 Å². The number of hydrogen-bond acceptors (Lipinski definition) is 6.